The molecule has 1 saturated heterocycles. The number of benzene rings is 1. The van der Waals surface area contributed by atoms with Crippen molar-refractivity contribution < 1.29 is 9.26 Å². The zero-order valence-electron chi connectivity index (χ0n) is 21.1. The Bertz CT molecular complexity index is 1170. The quantitative estimate of drug-likeness (QED) is 0.412. The molecule has 1 aliphatic carbocycles. The number of hydrogen-bond acceptors (Lipinski definition) is 6. The highest BCUT2D eigenvalue weighted by molar-refractivity contribution is 5.84. The van der Waals surface area contributed by atoms with Gasteiger partial charge in [0.15, 0.2) is 5.58 Å². The highest BCUT2D eigenvalue weighted by Gasteiger charge is 2.24. The van der Waals surface area contributed by atoms with Crippen LogP contribution >= 0.6 is 0 Å². The van der Waals surface area contributed by atoms with Crippen molar-refractivity contribution in [3.8, 4) is 5.75 Å². The zero-order valence-corrected chi connectivity index (χ0v) is 21.1. The summed E-state index contributed by atoms with van der Waals surface area (Å²) in [7, 11) is 4.15. The van der Waals surface area contributed by atoms with Crippen molar-refractivity contribution in [2.75, 3.05) is 40.3 Å². The Hall–Kier alpha value is -2.64. The highest BCUT2D eigenvalue weighted by Crippen LogP contribution is 2.35. The molecule has 0 spiro atoms. The molecule has 0 bridgehead atoms. The maximum Gasteiger partial charge on any atom is 0.250 e. The molecule has 7 heteroatoms. The lowest BCUT2D eigenvalue weighted by molar-refractivity contribution is 0.173. The molecular weight excluding hydrogens is 440 g/mol. The van der Waals surface area contributed by atoms with Crippen molar-refractivity contribution in [1.82, 2.24) is 19.5 Å². The number of hydrogen-bond donors (Lipinski definition) is 0. The van der Waals surface area contributed by atoms with Gasteiger partial charge < -0.3 is 23.6 Å². The van der Waals surface area contributed by atoms with Crippen molar-refractivity contribution in [2.45, 2.75) is 51.6 Å². The van der Waals surface area contributed by atoms with Gasteiger partial charge >= 0.3 is 0 Å². The standard InChI is InChI=1S/C28H38N4O3/c1-30(2)19-24-26(34-20-22-6-7-22)11-9-23-25(29-35-28(23)24)10-8-21-12-15-31(16-13-21)17-18-32-14-4-3-5-27(32)33/h3-5,9,11,14,21-22H,6-8,10,12-13,15-20H2,1-2H3. The van der Waals surface area contributed by atoms with Gasteiger partial charge in [-0.15, -0.1) is 0 Å². The summed E-state index contributed by atoms with van der Waals surface area (Å²) < 4.78 is 13.9. The maximum absolute atomic E-state index is 11.9. The SMILES string of the molecule is CN(C)Cc1c(OCC2CC2)ccc2c(CCC3CCN(CCn4ccccc4=O)CC3)noc12. The third-order valence-electron chi connectivity index (χ3n) is 7.47. The fourth-order valence-electron chi connectivity index (χ4n) is 5.10. The molecule has 0 atom stereocenters. The molecule has 35 heavy (non-hydrogen) atoms. The number of ether oxygens (including phenoxy) is 1. The molecule has 5 rings (SSSR count). The van der Waals surface area contributed by atoms with E-state index < -0.39 is 0 Å². The fourth-order valence-corrected chi connectivity index (χ4v) is 5.10. The van der Waals surface area contributed by atoms with E-state index in [0.29, 0.717) is 5.92 Å². The second-order valence-corrected chi connectivity index (χ2v) is 10.6. The van der Waals surface area contributed by atoms with Gasteiger partial charge in [0.1, 0.15) is 5.75 Å². The molecule has 1 aromatic carbocycles. The summed E-state index contributed by atoms with van der Waals surface area (Å²) in [5, 5.41) is 5.62. The average molecular weight is 479 g/mol. The molecule has 0 amide bonds. The predicted molar refractivity (Wildman–Crippen MR) is 138 cm³/mol. The van der Waals surface area contributed by atoms with Gasteiger partial charge in [0.25, 0.3) is 5.56 Å². The summed E-state index contributed by atoms with van der Waals surface area (Å²) in [4.78, 5) is 16.6. The van der Waals surface area contributed by atoms with Crippen molar-refractivity contribution in [3.05, 3.63) is 58.1 Å². The van der Waals surface area contributed by atoms with Crippen LogP contribution in [0.4, 0.5) is 0 Å². The Balaban J connectivity index is 1.16. The van der Waals surface area contributed by atoms with Crippen LogP contribution in [0.25, 0.3) is 11.0 Å². The largest absolute Gasteiger partial charge is 0.493 e. The summed E-state index contributed by atoms with van der Waals surface area (Å²) >= 11 is 0. The second-order valence-electron chi connectivity index (χ2n) is 10.6. The van der Waals surface area contributed by atoms with Gasteiger partial charge in [-0.25, -0.2) is 0 Å². The Morgan fingerprint density at radius 3 is 2.63 bits per heavy atom. The lowest BCUT2D eigenvalue weighted by atomic mass is 9.91. The Labute approximate surface area is 207 Å². The highest BCUT2D eigenvalue weighted by atomic mass is 16.5. The number of fused-ring (bicyclic) bond motifs is 1. The molecule has 7 nitrogen and oxygen atoms in total. The van der Waals surface area contributed by atoms with E-state index in [1.165, 1.54) is 25.7 Å². The van der Waals surface area contributed by atoms with E-state index in [2.05, 4.69) is 41.2 Å². The van der Waals surface area contributed by atoms with Gasteiger partial charge in [0.05, 0.1) is 17.9 Å². The van der Waals surface area contributed by atoms with Crippen LogP contribution in [0.3, 0.4) is 0 Å². The molecule has 2 fully saturated rings. The van der Waals surface area contributed by atoms with Crippen molar-refractivity contribution in [1.29, 1.82) is 0 Å². The summed E-state index contributed by atoms with van der Waals surface area (Å²) in [6.07, 6.45) is 8.92. The lowest BCUT2D eigenvalue weighted by Crippen LogP contribution is -2.37. The fraction of sp³-hybridized carbons (Fsp3) is 0.571. The van der Waals surface area contributed by atoms with Gasteiger partial charge in [-0.2, -0.15) is 0 Å². The van der Waals surface area contributed by atoms with Crippen molar-refractivity contribution in [3.63, 3.8) is 0 Å². The normalized spacial score (nSPS) is 17.5. The Kier molecular flexibility index (Phi) is 7.54. The predicted octanol–water partition coefficient (Wildman–Crippen LogP) is 4.18. The lowest BCUT2D eigenvalue weighted by Gasteiger charge is -2.32. The Morgan fingerprint density at radius 2 is 1.89 bits per heavy atom. The first-order valence-corrected chi connectivity index (χ1v) is 13.1. The van der Waals surface area contributed by atoms with Crippen LogP contribution in [0.2, 0.25) is 0 Å². The van der Waals surface area contributed by atoms with Crippen LogP contribution in [0.15, 0.2) is 45.8 Å². The first kappa shape index (κ1) is 24.1. The molecule has 3 heterocycles. The molecule has 0 radical (unpaired) electrons. The molecule has 2 aliphatic rings. The van der Waals surface area contributed by atoms with Crippen LogP contribution in [0, 0.1) is 11.8 Å². The van der Waals surface area contributed by atoms with Gasteiger partial charge in [-0.3, -0.25) is 4.79 Å². The number of piperidine rings is 1. The Morgan fingerprint density at radius 1 is 1.06 bits per heavy atom. The smallest absolute Gasteiger partial charge is 0.250 e. The number of nitrogens with zero attached hydrogens (tertiary/aromatic N) is 4. The minimum Gasteiger partial charge on any atom is -0.493 e. The van der Waals surface area contributed by atoms with E-state index in [0.717, 1.165) is 86.1 Å². The molecule has 1 saturated carbocycles. The molecule has 188 valence electrons. The summed E-state index contributed by atoms with van der Waals surface area (Å²) in [6.45, 7) is 5.47. The van der Waals surface area contributed by atoms with E-state index in [1.807, 2.05) is 12.3 Å². The number of rotatable bonds is 11. The summed E-state index contributed by atoms with van der Waals surface area (Å²) in [5.41, 5.74) is 3.14. The topological polar surface area (TPSA) is 63.7 Å². The minimum absolute atomic E-state index is 0.0811. The van der Waals surface area contributed by atoms with Gasteiger partial charge in [-0.1, -0.05) is 11.2 Å². The third-order valence-corrected chi connectivity index (χ3v) is 7.47. The number of aromatic nitrogens is 2. The zero-order chi connectivity index (χ0) is 24.2. The second kappa shape index (κ2) is 11.0. The van der Waals surface area contributed by atoms with E-state index in [1.54, 1.807) is 16.7 Å². The molecular formula is C28H38N4O3. The van der Waals surface area contributed by atoms with E-state index >= 15 is 0 Å². The molecule has 3 aromatic rings. The number of pyridine rings is 1. The average Bonchev–Trinajstić information content (AvgIpc) is 3.60. The molecule has 0 N–H and O–H groups in total. The van der Waals surface area contributed by atoms with E-state index in [9.17, 15) is 4.79 Å². The monoisotopic (exact) mass is 478 g/mol. The number of aryl methyl sites for hydroxylation is 1. The number of likely N-dealkylation sites (tertiary alicyclic amines) is 1. The third kappa shape index (κ3) is 6.14. The van der Waals surface area contributed by atoms with Gasteiger partial charge in [0.2, 0.25) is 0 Å². The van der Waals surface area contributed by atoms with Gasteiger partial charge in [0, 0.05) is 37.3 Å². The minimum atomic E-state index is 0.0811. The van der Waals surface area contributed by atoms with Crippen LogP contribution < -0.4 is 10.3 Å². The van der Waals surface area contributed by atoms with Gasteiger partial charge in [-0.05, 0) is 95.7 Å². The summed E-state index contributed by atoms with van der Waals surface area (Å²) in [5.74, 6) is 2.36. The van der Waals surface area contributed by atoms with Crippen molar-refractivity contribution in [2.24, 2.45) is 11.8 Å². The van der Waals surface area contributed by atoms with E-state index in [4.69, 9.17) is 9.26 Å². The summed E-state index contributed by atoms with van der Waals surface area (Å²) in [6, 6.07) is 9.60. The molecule has 0 unspecified atom stereocenters. The first-order chi connectivity index (χ1) is 17.1. The van der Waals surface area contributed by atoms with E-state index in [-0.39, 0.29) is 5.56 Å². The first-order valence-electron chi connectivity index (χ1n) is 13.1. The van der Waals surface area contributed by atoms with Crippen molar-refractivity contribution >= 4 is 11.0 Å². The molecule has 1 aliphatic heterocycles. The molecule has 2 aromatic heterocycles. The maximum atomic E-state index is 11.9. The van der Waals surface area contributed by atoms with Crippen LogP contribution in [0.1, 0.15) is 43.4 Å². The van der Waals surface area contributed by atoms with Crippen LogP contribution in [-0.2, 0) is 19.5 Å². The van der Waals surface area contributed by atoms with Crippen LogP contribution in [-0.4, -0.2) is 59.9 Å². The van der Waals surface area contributed by atoms with Crippen LogP contribution in [0.5, 0.6) is 5.75 Å².